The summed E-state index contributed by atoms with van der Waals surface area (Å²) >= 11 is 3.11. The first kappa shape index (κ1) is 17.5. The van der Waals surface area contributed by atoms with E-state index in [4.69, 9.17) is 10.7 Å². The zero-order chi connectivity index (χ0) is 15.5. The molecule has 20 heavy (non-hydrogen) atoms. The third-order valence-electron chi connectivity index (χ3n) is 3.02. The highest BCUT2D eigenvalue weighted by Crippen LogP contribution is 2.26. The van der Waals surface area contributed by atoms with Crippen molar-refractivity contribution in [2.75, 3.05) is 0 Å². The molecule has 1 atom stereocenters. The first-order valence-corrected chi connectivity index (χ1v) is 9.32. The van der Waals surface area contributed by atoms with E-state index in [0.717, 1.165) is 6.42 Å². The minimum atomic E-state index is -3.89. The van der Waals surface area contributed by atoms with Gasteiger partial charge in [-0.15, -0.1) is 0 Å². The minimum absolute atomic E-state index is 0.0437. The van der Waals surface area contributed by atoms with E-state index in [1.807, 2.05) is 20.8 Å². The Morgan fingerprint density at radius 2 is 2.00 bits per heavy atom. The van der Waals surface area contributed by atoms with Crippen LogP contribution in [0.25, 0.3) is 0 Å². The minimum Gasteiger partial charge on any atom is -0.349 e. The molecule has 7 heteroatoms. The number of carbonyl (C=O) groups excluding carboxylic acids is 1. The first-order valence-electron chi connectivity index (χ1n) is 6.21. The lowest BCUT2D eigenvalue weighted by Crippen LogP contribution is -2.38. The molecule has 1 rings (SSSR count). The fourth-order valence-corrected chi connectivity index (χ4v) is 3.94. The monoisotopic (exact) mass is 381 g/mol. The van der Waals surface area contributed by atoms with Crippen molar-refractivity contribution in [2.24, 2.45) is 5.92 Å². The molecular formula is C13H17BrClNO3S. The molecule has 0 aliphatic heterocycles. The Kier molecular flexibility index (Phi) is 6.04. The van der Waals surface area contributed by atoms with Crippen molar-refractivity contribution in [3.05, 3.63) is 28.2 Å². The number of halogens is 2. The Morgan fingerprint density at radius 1 is 1.40 bits per heavy atom. The summed E-state index contributed by atoms with van der Waals surface area (Å²) in [5.41, 5.74) is 0.270. The average Bonchev–Trinajstić information content (AvgIpc) is 2.34. The quantitative estimate of drug-likeness (QED) is 0.792. The van der Waals surface area contributed by atoms with Crippen LogP contribution in [0.4, 0.5) is 0 Å². The molecule has 4 nitrogen and oxygen atoms in total. The largest absolute Gasteiger partial charge is 0.349 e. The van der Waals surface area contributed by atoms with Crippen LogP contribution in [0, 0.1) is 5.92 Å². The van der Waals surface area contributed by atoms with Crippen LogP contribution >= 0.6 is 26.6 Å². The topological polar surface area (TPSA) is 63.2 Å². The normalized spacial score (nSPS) is 13.3. The van der Waals surface area contributed by atoms with Gasteiger partial charge in [-0.2, -0.15) is 0 Å². The van der Waals surface area contributed by atoms with Crippen molar-refractivity contribution < 1.29 is 13.2 Å². The summed E-state index contributed by atoms with van der Waals surface area (Å²) in [6, 6.07) is 4.37. The number of amides is 1. The van der Waals surface area contributed by atoms with Crippen molar-refractivity contribution in [1.82, 2.24) is 5.32 Å². The van der Waals surface area contributed by atoms with Crippen LogP contribution in [0.5, 0.6) is 0 Å². The third-order valence-corrected chi connectivity index (χ3v) is 5.33. The fourth-order valence-electron chi connectivity index (χ4n) is 1.82. The number of carbonyl (C=O) groups is 1. The van der Waals surface area contributed by atoms with Crippen LogP contribution in [0.3, 0.4) is 0 Å². The second kappa shape index (κ2) is 6.91. The third kappa shape index (κ3) is 4.46. The molecule has 0 aliphatic carbocycles. The summed E-state index contributed by atoms with van der Waals surface area (Å²) < 4.78 is 23.2. The van der Waals surface area contributed by atoms with E-state index in [0.29, 0.717) is 10.4 Å². The molecule has 0 aliphatic rings. The van der Waals surface area contributed by atoms with Gasteiger partial charge in [-0.25, -0.2) is 8.42 Å². The molecule has 0 saturated carbocycles. The van der Waals surface area contributed by atoms with Crippen molar-refractivity contribution in [2.45, 2.75) is 38.1 Å². The summed E-state index contributed by atoms with van der Waals surface area (Å²) in [4.78, 5) is 12.0. The van der Waals surface area contributed by atoms with Gasteiger partial charge in [-0.1, -0.05) is 20.8 Å². The second-order valence-electron chi connectivity index (χ2n) is 4.82. The maximum absolute atomic E-state index is 12.1. The van der Waals surface area contributed by atoms with E-state index in [1.54, 1.807) is 6.07 Å². The van der Waals surface area contributed by atoms with Crippen LogP contribution in [0.2, 0.25) is 0 Å². The zero-order valence-corrected chi connectivity index (χ0v) is 14.6. The Labute approximate surface area is 132 Å². The summed E-state index contributed by atoms with van der Waals surface area (Å²) in [5, 5.41) is 2.89. The molecule has 0 radical (unpaired) electrons. The Bertz CT molecular complexity index is 602. The molecule has 0 heterocycles. The van der Waals surface area contributed by atoms with Gasteiger partial charge in [0, 0.05) is 26.8 Å². The van der Waals surface area contributed by atoms with E-state index in [-0.39, 0.29) is 22.4 Å². The van der Waals surface area contributed by atoms with E-state index in [9.17, 15) is 13.2 Å². The summed E-state index contributed by atoms with van der Waals surface area (Å²) in [6.45, 7) is 6.02. The van der Waals surface area contributed by atoms with Crippen molar-refractivity contribution in [3.63, 3.8) is 0 Å². The summed E-state index contributed by atoms with van der Waals surface area (Å²) in [7, 11) is 1.44. The maximum Gasteiger partial charge on any atom is 0.262 e. The predicted molar refractivity (Wildman–Crippen MR) is 83.6 cm³/mol. The van der Waals surface area contributed by atoms with Crippen molar-refractivity contribution in [3.8, 4) is 0 Å². The van der Waals surface area contributed by atoms with E-state index >= 15 is 0 Å². The molecule has 0 bridgehead atoms. The maximum atomic E-state index is 12.1. The van der Waals surface area contributed by atoms with Crippen molar-refractivity contribution >= 4 is 41.6 Å². The highest BCUT2D eigenvalue weighted by atomic mass is 79.9. The van der Waals surface area contributed by atoms with E-state index < -0.39 is 9.05 Å². The number of rotatable bonds is 5. The molecule has 1 amide bonds. The average molecular weight is 383 g/mol. The van der Waals surface area contributed by atoms with Gasteiger partial charge in [-0.05, 0) is 46.5 Å². The molecule has 0 spiro atoms. The van der Waals surface area contributed by atoms with Gasteiger partial charge in [0.2, 0.25) is 0 Å². The first-order chi connectivity index (χ1) is 9.16. The zero-order valence-electron chi connectivity index (χ0n) is 11.5. The van der Waals surface area contributed by atoms with Crippen LogP contribution in [-0.2, 0) is 9.05 Å². The molecule has 1 aromatic carbocycles. The molecule has 1 N–H and O–H groups in total. The van der Waals surface area contributed by atoms with Crippen molar-refractivity contribution in [1.29, 1.82) is 0 Å². The fraction of sp³-hybridized carbons (Fsp3) is 0.462. The van der Waals surface area contributed by atoms with Crippen LogP contribution in [0.1, 0.15) is 37.6 Å². The van der Waals surface area contributed by atoms with Gasteiger partial charge >= 0.3 is 0 Å². The SMILES string of the molecule is CCC(NC(=O)c1ccc(Br)c(S(=O)(=O)Cl)c1)C(C)C. The molecule has 1 aromatic rings. The van der Waals surface area contributed by atoms with Gasteiger partial charge in [0.15, 0.2) is 0 Å². The number of benzene rings is 1. The second-order valence-corrected chi connectivity index (χ2v) is 8.20. The van der Waals surface area contributed by atoms with Gasteiger partial charge in [-0.3, -0.25) is 4.79 Å². The van der Waals surface area contributed by atoms with Crippen LogP contribution in [0.15, 0.2) is 27.6 Å². The smallest absolute Gasteiger partial charge is 0.262 e. The van der Waals surface area contributed by atoms with Gasteiger partial charge < -0.3 is 5.32 Å². The Morgan fingerprint density at radius 3 is 2.45 bits per heavy atom. The number of hydrogen-bond donors (Lipinski definition) is 1. The Balaban J connectivity index is 3.07. The highest BCUT2D eigenvalue weighted by Gasteiger charge is 2.19. The molecule has 0 aromatic heterocycles. The lowest BCUT2D eigenvalue weighted by atomic mass is 10.0. The van der Waals surface area contributed by atoms with E-state index in [2.05, 4.69) is 21.2 Å². The molecular weight excluding hydrogens is 366 g/mol. The van der Waals surface area contributed by atoms with Crippen LogP contribution in [-0.4, -0.2) is 20.4 Å². The summed E-state index contributed by atoms with van der Waals surface area (Å²) in [5.74, 6) is -0.00440. The van der Waals surface area contributed by atoms with E-state index in [1.165, 1.54) is 12.1 Å². The summed E-state index contributed by atoms with van der Waals surface area (Å²) in [6.07, 6.45) is 0.806. The van der Waals surface area contributed by atoms with Gasteiger partial charge in [0.05, 0.1) is 4.90 Å². The number of nitrogens with one attached hydrogen (secondary N) is 1. The standard InChI is InChI=1S/C13H17BrClNO3S/c1-4-11(8(2)3)16-13(17)9-5-6-10(14)12(7-9)20(15,18)19/h5-8,11H,4H2,1-3H3,(H,16,17). The van der Waals surface area contributed by atoms with Gasteiger partial charge in [0.25, 0.3) is 15.0 Å². The molecule has 0 fully saturated rings. The molecule has 112 valence electrons. The van der Waals surface area contributed by atoms with Gasteiger partial charge in [0.1, 0.15) is 0 Å². The lowest BCUT2D eigenvalue weighted by Gasteiger charge is -2.20. The Hall–Kier alpha value is -0.590. The molecule has 1 unspecified atom stereocenters. The predicted octanol–water partition coefficient (Wildman–Crippen LogP) is 3.54. The van der Waals surface area contributed by atoms with Crippen LogP contribution < -0.4 is 5.32 Å². The molecule has 0 saturated heterocycles. The number of hydrogen-bond acceptors (Lipinski definition) is 3. The lowest BCUT2D eigenvalue weighted by molar-refractivity contribution is 0.0924. The highest BCUT2D eigenvalue weighted by molar-refractivity contribution is 9.10.